The highest BCUT2D eigenvalue weighted by atomic mass is 79.9. The average Bonchev–Trinajstić information content (AvgIpc) is 2.04. The van der Waals surface area contributed by atoms with Gasteiger partial charge in [-0.3, -0.25) is 0 Å². The predicted molar refractivity (Wildman–Crippen MR) is 57.9 cm³/mol. The maximum absolute atomic E-state index is 9.62. The second-order valence-corrected chi connectivity index (χ2v) is 3.90. The number of halogens is 1. The van der Waals surface area contributed by atoms with E-state index in [4.69, 9.17) is 0 Å². The van der Waals surface area contributed by atoms with Gasteiger partial charge in [0.05, 0.1) is 0 Å². The van der Waals surface area contributed by atoms with E-state index in [0.717, 1.165) is 16.6 Å². The highest BCUT2D eigenvalue weighted by Gasteiger charge is 2.08. The molecule has 3 heteroatoms. The van der Waals surface area contributed by atoms with Crippen molar-refractivity contribution in [2.45, 2.75) is 19.9 Å². The fourth-order valence-electron chi connectivity index (χ4n) is 1.30. The number of rotatable bonds is 3. The zero-order valence-corrected chi connectivity index (χ0v) is 9.43. The molecule has 0 bridgehead atoms. The number of phenols is 1. The van der Waals surface area contributed by atoms with Crippen LogP contribution in [0.15, 0.2) is 22.7 Å². The maximum Gasteiger partial charge on any atom is 0.121 e. The van der Waals surface area contributed by atoms with Gasteiger partial charge in [0.25, 0.3) is 0 Å². The van der Waals surface area contributed by atoms with Crippen molar-refractivity contribution < 1.29 is 5.11 Å². The molecule has 1 aromatic rings. The minimum Gasteiger partial charge on any atom is -0.508 e. The van der Waals surface area contributed by atoms with E-state index in [0.29, 0.717) is 5.75 Å². The standard InChI is InChI=1S/C10H14BrNO/c1-3-12-7(2)9-5-4-8(11)6-10(9)13/h4-7,12-13H,3H2,1-2H3. The van der Waals surface area contributed by atoms with Gasteiger partial charge in [0.1, 0.15) is 5.75 Å². The molecule has 1 aromatic carbocycles. The Labute approximate surface area is 87.1 Å². The van der Waals surface area contributed by atoms with Crippen molar-refractivity contribution in [3.05, 3.63) is 28.2 Å². The second kappa shape index (κ2) is 4.63. The minimum atomic E-state index is 0.193. The molecule has 0 saturated carbocycles. The van der Waals surface area contributed by atoms with Crippen LogP contribution in [0.1, 0.15) is 25.5 Å². The first kappa shape index (κ1) is 10.5. The highest BCUT2D eigenvalue weighted by Crippen LogP contribution is 2.27. The van der Waals surface area contributed by atoms with Gasteiger partial charge in [-0.2, -0.15) is 0 Å². The van der Waals surface area contributed by atoms with Gasteiger partial charge in [0, 0.05) is 16.1 Å². The molecular weight excluding hydrogens is 230 g/mol. The maximum atomic E-state index is 9.62. The lowest BCUT2D eigenvalue weighted by atomic mass is 10.1. The summed E-state index contributed by atoms with van der Waals surface area (Å²) in [7, 11) is 0. The largest absolute Gasteiger partial charge is 0.508 e. The van der Waals surface area contributed by atoms with Gasteiger partial charge in [-0.25, -0.2) is 0 Å². The van der Waals surface area contributed by atoms with E-state index < -0.39 is 0 Å². The third-order valence-corrected chi connectivity index (χ3v) is 2.46. The molecule has 2 nitrogen and oxygen atoms in total. The summed E-state index contributed by atoms with van der Waals surface area (Å²) in [5.41, 5.74) is 0.935. The van der Waals surface area contributed by atoms with Crippen LogP contribution in [-0.2, 0) is 0 Å². The highest BCUT2D eigenvalue weighted by molar-refractivity contribution is 9.10. The molecule has 0 aliphatic rings. The SMILES string of the molecule is CCNC(C)c1ccc(Br)cc1O. The fraction of sp³-hybridized carbons (Fsp3) is 0.400. The molecule has 0 spiro atoms. The second-order valence-electron chi connectivity index (χ2n) is 2.98. The lowest BCUT2D eigenvalue weighted by molar-refractivity contribution is 0.454. The number of aromatic hydroxyl groups is 1. The Kier molecular flexibility index (Phi) is 3.75. The smallest absolute Gasteiger partial charge is 0.121 e. The van der Waals surface area contributed by atoms with E-state index in [1.54, 1.807) is 6.07 Å². The first-order valence-electron chi connectivity index (χ1n) is 4.37. The van der Waals surface area contributed by atoms with E-state index in [2.05, 4.69) is 21.2 Å². The molecule has 1 atom stereocenters. The van der Waals surface area contributed by atoms with Crippen molar-refractivity contribution in [3.63, 3.8) is 0 Å². The number of nitrogens with one attached hydrogen (secondary N) is 1. The lowest BCUT2D eigenvalue weighted by Crippen LogP contribution is -2.17. The van der Waals surface area contributed by atoms with E-state index in [-0.39, 0.29) is 6.04 Å². The number of hydrogen-bond acceptors (Lipinski definition) is 2. The van der Waals surface area contributed by atoms with E-state index in [1.165, 1.54) is 0 Å². The van der Waals surface area contributed by atoms with Crippen molar-refractivity contribution in [1.82, 2.24) is 5.32 Å². The molecule has 0 saturated heterocycles. The third-order valence-electron chi connectivity index (χ3n) is 1.97. The van der Waals surface area contributed by atoms with Crippen LogP contribution in [0.25, 0.3) is 0 Å². The molecule has 0 heterocycles. The van der Waals surface area contributed by atoms with Crippen LogP contribution < -0.4 is 5.32 Å². The van der Waals surface area contributed by atoms with Gasteiger partial charge in [0.15, 0.2) is 0 Å². The third kappa shape index (κ3) is 2.71. The lowest BCUT2D eigenvalue weighted by Gasteiger charge is -2.14. The summed E-state index contributed by atoms with van der Waals surface area (Å²) in [6.45, 7) is 4.98. The van der Waals surface area contributed by atoms with Crippen LogP contribution in [0.2, 0.25) is 0 Å². The van der Waals surface area contributed by atoms with Crippen LogP contribution in [0.5, 0.6) is 5.75 Å². The molecule has 1 rings (SSSR count). The minimum absolute atomic E-state index is 0.193. The van der Waals surface area contributed by atoms with Crippen molar-refractivity contribution in [2.24, 2.45) is 0 Å². The zero-order valence-electron chi connectivity index (χ0n) is 7.84. The van der Waals surface area contributed by atoms with E-state index >= 15 is 0 Å². The fourth-order valence-corrected chi connectivity index (χ4v) is 1.65. The van der Waals surface area contributed by atoms with Gasteiger partial charge in [0.2, 0.25) is 0 Å². The Balaban J connectivity index is 2.88. The summed E-state index contributed by atoms with van der Waals surface area (Å²) in [5.74, 6) is 0.336. The van der Waals surface area contributed by atoms with Gasteiger partial charge in [-0.05, 0) is 25.6 Å². The van der Waals surface area contributed by atoms with Gasteiger partial charge in [-0.1, -0.05) is 28.9 Å². The van der Waals surface area contributed by atoms with Crippen LogP contribution in [0.3, 0.4) is 0 Å². The topological polar surface area (TPSA) is 32.3 Å². The van der Waals surface area contributed by atoms with Crippen molar-refractivity contribution >= 4 is 15.9 Å². The Morgan fingerprint density at radius 2 is 2.23 bits per heavy atom. The summed E-state index contributed by atoms with van der Waals surface area (Å²) in [6.07, 6.45) is 0. The summed E-state index contributed by atoms with van der Waals surface area (Å²) in [4.78, 5) is 0. The molecule has 0 aliphatic carbocycles. The first-order chi connectivity index (χ1) is 6.15. The number of phenolic OH excluding ortho intramolecular Hbond substituents is 1. The molecule has 0 aromatic heterocycles. The van der Waals surface area contributed by atoms with Crippen LogP contribution in [0, 0.1) is 0 Å². The number of hydrogen-bond donors (Lipinski definition) is 2. The van der Waals surface area contributed by atoms with Crippen LogP contribution >= 0.6 is 15.9 Å². The molecule has 1 unspecified atom stereocenters. The summed E-state index contributed by atoms with van der Waals surface area (Å²) in [6, 6.07) is 5.76. The summed E-state index contributed by atoms with van der Waals surface area (Å²) >= 11 is 3.30. The molecule has 72 valence electrons. The Hall–Kier alpha value is -0.540. The van der Waals surface area contributed by atoms with Crippen LogP contribution in [-0.4, -0.2) is 11.7 Å². The Bertz CT molecular complexity index is 288. The van der Waals surface area contributed by atoms with Gasteiger partial charge in [-0.15, -0.1) is 0 Å². The number of benzene rings is 1. The van der Waals surface area contributed by atoms with Crippen molar-refractivity contribution in [1.29, 1.82) is 0 Å². The molecular formula is C10H14BrNO. The van der Waals surface area contributed by atoms with Crippen LogP contribution in [0.4, 0.5) is 0 Å². The normalized spacial score (nSPS) is 12.8. The van der Waals surface area contributed by atoms with Crippen molar-refractivity contribution in [2.75, 3.05) is 6.54 Å². The molecule has 0 radical (unpaired) electrons. The van der Waals surface area contributed by atoms with Gasteiger partial charge < -0.3 is 10.4 Å². The average molecular weight is 244 g/mol. The quantitative estimate of drug-likeness (QED) is 0.856. The van der Waals surface area contributed by atoms with Gasteiger partial charge >= 0.3 is 0 Å². The van der Waals surface area contributed by atoms with E-state index in [1.807, 2.05) is 26.0 Å². The summed E-state index contributed by atoms with van der Waals surface area (Å²) < 4.78 is 0.900. The Morgan fingerprint density at radius 1 is 1.54 bits per heavy atom. The predicted octanol–water partition coefficient (Wildman–Crippen LogP) is 2.83. The molecule has 0 aliphatic heterocycles. The molecule has 13 heavy (non-hydrogen) atoms. The first-order valence-corrected chi connectivity index (χ1v) is 5.16. The zero-order chi connectivity index (χ0) is 9.84. The molecule has 0 fully saturated rings. The molecule has 0 amide bonds. The molecule has 2 N–H and O–H groups in total. The monoisotopic (exact) mass is 243 g/mol. The summed E-state index contributed by atoms with van der Waals surface area (Å²) in [5, 5.41) is 12.9. The Morgan fingerprint density at radius 3 is 2.77 bits per heavy atom. The van der Waals surface area contributed by atoms with Crippen molar-refractivity contribution in [3.8, 4) is 5.75 Å². The van der Waals surface area contributed by atoms with E-state index in [9.17, 15) is 5.11 Å².